The number of thioether (sulfide) groups is 1. The second-order valence-corrected chi connectivity index (χ2v) is 6.68. The summed E-state index contributed by atoms with van der Waals surface area (Å²) in [6.07, 6.45) is 1.81. The SMILES string of the molecule is CS(=O)(=O)N[C@H]1CCSc2ccc(F)cc21. The van der Waals surface area contributed by atoms with Crippen LogP contribution >= 0.6 is 11.8 Å². The molecule has 1 aromatic carbocycles. The van der Waals surface area contributed by atoms with Crippen molar-refractivity contribution < 1.29 is 12.8 Å². The van der Waals surface area contributed by atoms with Crippen LogP contribution in [0.25, 0.3) is 0 Å². The fourth-order valence-corrected chi connectivity index (χ4v) is 3.61. The summed E-state index contributed by atoms with van der Waals surface area (Å²) in [5.41, 5.74) is 0.738. The van der Waals surface area contributed by atoms with Crippen LogP contribution in [0.15, 0.2) is 23.1 Å². The number of nitrogens with one attached hydrogen (secondary N) is 1. The Labute approximate surface area is 98.5 Å². The highest BCUT2D eigenvalue weighted by Gasteiger charge is 2.23. The minimum atomic E-state index is -3.26. The maximum absolute atomic E-state index is 13.1. The highest BCUT2D eigenvalue weighted by Crippen LogP contribution is 2.36. The lowest BCUT2D eigenvalue weighted by Crippen LogP contribution is -2.29. The predicted octanol–water partition coefficient (Wildman–Crippen LogP) is 1.91. The largest absolute Gasteiger partial charge is 0.213 e. The van der Waals surface area contributed by atoms with E-state index in [1.165, 1.54) is 12.1 Å². The van der Waals surface area contributed by atoms with Gasteiger partial charge in [0.05, 0.1) is 6.26 Å². The molecule has 1 atom stereocenters. The normalized spacial score (nSPS) is 20.5. The fourth-order valence-electron chi connectivity index (χ4n) is 1.75. The van der Waals surface area contributed by atoms with Crippen LogP contribution in [0, 0.1) is 5.82 Å². The lowest BCUT2D eigenvalue weighted by atomic mass is 10.0. The second kappa shape index (κ2) is 4.35. The Morgan fingerprint density at radius 1 is 1.50 bits per heavy atom. The minimum absolute atomic E-state index is 0.304. The molecule has 1 N–H and O–H groups in total. The number of fused-ring (bicyclic) bond motifs is 1. The molecule has 0 aliphatic carbocycles. The van der Waals surface area contributed by atoms with E-state index in [0.29, 0.717) is 6.42 Å². The molecule has 0 saturated heterocycles. The maximum Gasteiger partial charge on any atom is 0.209 e. The molecule has 0 fully saturated rings. The van der Waals surface area contributed by atoms with Crippen molar-refractivity contribution in [1.29, 1.82) is 0 Å². The van der Waals surface area contributed by atoms with E-state index in [1.807, 2.05) is 0 Å². The highest BCUT2D eigenvalue weighted by atomic mass is 32.2. The molecule has 1 aromatic rings. The van der Waals surface area contributed by atoms with Crippen molar-refractivity contribution in [3.63, 3.8) is 0 Å². The van der Waals surface area contributed by atoms with Crippen molar-refractivity contribution in [3.05, 3.63) is 29.6 Å². The number of rotatable bonds is 2. The molecule has 0 aromatic heterocycles. The molecular formula is C10H12FNO2S2. The number of halogens is 1. The Morgan fingerprint density at radius 3 is 2.94 bits per heavy atom. The average molecular weight is 261 g/mol. The summed E-state index contributed by atoms with van der Waals surface area (Å²) in [5.74, 6) is 0.507. The predicted molar refractivity (Wildman–Crippen MR) is 62.5 cm³/mol. The van der Waals surface area contributed by atoms with Gasteiger partial charge < -0.3 is 0 Å². The van der Waals surface area contributed by atoms with Gasteiger partial charge in [-0.15, -0.1) is 11.8 Å². The molecule has 3 nitrogen and oxygen atoms in total. The van der Waals surface area contributed by atoms with Gasteiger partial charge in [-0.3, -0.25) is 0 Å². The van der Waals surface area contributed by atoms with Crippen LogP contribution in [-0.4, -0.2) is 20.4 Å². The smallest absolute Gasteiger partial charge is 0.209 e. The van der Waals surface area contributed by atoms with Gasteiger partial charge in [-0.2, -0.15) is 0 Å². The monoisotopic (exact) mass is 261 g/mol. The summed E-state index contributed by atoms with van der Waals surface area (Å²) < 4.78 is 38.0. The number of hydrogen-bond donors (Lipinski definition) is 1. The Balaban J connectivity index is 2.35. The molecule has 0 radical (unpaired) electrons. The van der Waals surface area contributed by atoms with E-state index in [-0.39, 0.29) is 11.9 Å². The van der Waals surface area contributed by atoms with E-state index in [1.54, 1.807) is 17.8 Å². The number of hydrogen-bond acceptors (Lipinski definition) is 3. The van der Waals surface area contributed by atoms with E-state index in [2.05, 4.69) is 4.72 Å². The molecule has 0 amide bonds. The first kappa shape index (κ1) is 11.9. The van der Waals surface area contributed by atoms with Crippen LogP contribution in [-0.2, 0) is 10.0 Å². The van der Waals surface area contributed by atoms with Crippen LogP contribution in [0.2, 0.25) is 0 Å². The highest BCUT2D eigenvalue weighted by molar-refractivity contribution is 7.99. The van der Waals surface area contributed by atoms with Crippen molar-refractivity contribution in [2.45, 2.75) is 17.4 Å². The maximum atomic E-state index is 13.1. The van der Waals surface area contributed by atoms with Crippen molar-refractivity contribution >= 4 is 21.8 Å². The summed E-state index contributed by atoms with van der Waals surface area (Å²) in [5, 5.41) is 0. The summed E-state index contributed by atoms with van der Waals surface area (Å²) in [4.78, 5) is 0.953. The van der Waals surface area contributed by atoms with Crippen molar-refractivity contribution in [2.75, 3.05) is 12.0 Å². The molecule has 1 aliphatic rings. The molecular weight excluding hydrogens is 249 g/mol. The summed E-state index contributed by atoms with van der Waals surface area (Å²) in [7, 11) is -3.26. The lowest BCUT2D eigenvalue weighted by Gasteiger charge is -2.25. The standard InChI is InChI=1S/C10H12FNO2S2/c1-16(13,14)12-9-4-5-15-10-3-2-7(11)6-8(9)10/h2-3,6,9,12H,4-5H2,1H3/t9-/m0/s1. The summed E-state index contributed by atoms with van der Waals surface area (Å²) in [6.45, 7) is 0. The first-order valence-electron chi connectivity index (χ1n) is 4.85. The minimum Gasteiger partial charge on any atom is -0.213 e. The van der Waals surface area contributed by atoms with Crippen LogP contribution in [0.5, 0.6) is 0 Å². The molecule has 0 saturated carbocycles. The van der Waals surface area contributed by atoms with E-state index in [9.17, 15) is 12.8 Å². The fraction of sp³-hybridized carbons (Fsp3) is 0.400. The van der Waals surface area contributed by atoms with E-state index in [4.69, 9.17) is 0 Å². The van der Waals surface area contributed by atoms with Crippen molar-refractivity contribution in [3.8, 4) is 0 Å². The first-order chi connectivity index (χ1) is 7.46. The molecule has 0 spiro atoms. The third-order valence-corrected chi connectivity index (χ3v) is 4.20. The average Bonchev–Trinajstić information content (AvgIpc) is 2.17. The van der Waals surface area contributed by atoms with Gasteiger partial charge in [0.2, 0.25) is 10.0 Å². The topological polar surface area (TPSA) is 46.2 Å². The Bertz CT molecular complexity index is 502. The van der Waals surface area contributed by atoms with Crippen LogP contribution < -0.4 is 4.72 Å². The molecule has 1 aliphatic heterocycles. The van der Waals surface area contributed by atoms with Gasteiger partial charge in [-0.1, -0.05) is 0 Å². The van der Waals surface area contributed by atoms with Gasteiger partial charge >= 0.3 is 0 Å². The van der Waals surface area contributed by atoms with Crippen LogP contribution in [0.3, 0.4) is 0 Å². The zero-order chi connectivity index (χ0) is 11.8. The summed E-state index contributed by atoms with van der Waals surface area (Å²) in [6, 6.07) is 4.20. The third kappa shape index (κ3) is 2.75. The van der Waals surface area contributed by atoms with Crippen LogP contribution in [0.4, 0.5) is 4.39 Å². The van der Waals surface area contributed by atoms with Gasteiger partial charge in [0.1, 0.15) is 5.82 Å². The van der Waals surface area contributed by atoms with Crippen LogP contribution in [0.1, 0.15) is 18.0 Å². The quantitative estimate of drug-likeness (QED) is 0.884. The molecule has 88 valence electrons. The van der Waals surface area contributed by atoms with Gasteiger partial charge in [-0.25, -0.2) is 17.5 Å². The molecule has 16 heavy (non-hydrogen) atoms. The zero-order valence-corrected chi connectivity index (χ0v) is 10.4. The lowest BCUT2D eigenvalue weighted by molar-refractivity contribution is 0.546. The Hall–Kier alpha value is -0.590. The molecule has 1 heterocycles. The second-order valence-electron chi connectivity index (χ2n) is 3.76. The van der Waals surface area contributed by atoms with Gasteiger partial charge in [-0.05, 0) is 35.9 Å². The number of sulfonamides is 1. The Morgan fingerprint density at radius 2 is 2.25 bits per heavy atom. The van der Waals surface area contributed by atoms with Gasteiger partial charge in [0.25, 0.3) is 0 Å². The van der Waals surface area contributed by atoms with E-state index >= 15 is 0 Å². The van der Waals surface area contributed by atoms with Crippen molar-refractivity contribution in [1.82, 2.24) is 4.72 Å². The van der Waals surface area contributed by atoms with E-state index in [0.717, 1.165) is 22.5 Å². The Kier molecular flexibility index (Phi) is 3.23. The first-order valence-corrected chi connectivity index (χ1v) is 7.73. The summed E-state index contributed by atoms with van der Waals surface area (Å²) >= 11 is 1.63. The molecule has 2 rings (SSSR count). The number of benzene rings is 1. The molecule has 6 heteroatoms. The van der Waals surface area contributed by atoms with Crippen molar-refractivity contribution in [2.24, 2.45) is 0 Å². The zero-order valence-electron chi connectivity index (χ0n) is 8.73. The van der Waals surface area contributed by atoms with Gasteiger partial charge in [0.15, 0.2) is 0 Å². The third-order valence-electron chi connectivity index (χ3n) is 2.37. The molecule has 0 unspecified atom stereocenters. The van der Waals surface area contributed by atoms with Gasteiger partial charge in [0, 0.05) is 10.9 Å². The van der Waals surface area contributed by atoms with E-state index < -0.39 is 10.0 Å². The molecule has 0 bridgehead atoms.